The van der Waals surface area contributed by atoms with E-state index >= 15 is 0 Å². The van der Waals surface area contributed by atoms with Gasteiger partial charge in [-0.1, -0.05) is 190 Å². The summed E-state index contributed by atoms with van der Waals surface area (Å²) >= 11 is 0. The molecule has 0 N–H and O–H groups in total. The number of hydrogen-bond donors (Lipinski definition) is 0. The van der Waals surface area contributed by atoms with Crippen molar-refractivity contribution in [3.8, 4) is 55.9 Å². The highest BCUT2D eigenvalue weighted by Crippen LogP contribution is 2.54. The van der Waals surface area contributed by atoms with E-state index in [0.29, 0.717) is 0 Å². The second kappa shape index (κ2) is 16.5. The first-order valence-corrected chi connectivity index (χ1v) is 25.0. The van der Waals surface area contributed by atoms with Crippen LogP contribution in [0.2, 0.25) is 0 Å². The maximum atomic E-state index is 2.47. The minimum atomic E-state index is -0.203. The van der Waals surface area contributed by atoms with E-state index in [-0.39, 0.29) is 5.41 Å². The topological polar surface area (TPSA) is 13.1 Å². The summed E-state index contributed by atoms with van der Waals surface area (Å²) in [5.41, 5.74) is 22.8. The van der Waals surface area contributed by atoms with Gasteiger partial charge in [0.2, 0.25) is 0 Å². The van der Waals surface area contributed by atoms with E-state index in [0.717, 1.165) is 22.7 Å². The smallest absolute Gasteiger partial charge is 0.0547 e. The Hall–Kier alpha value is -9.18. The molecule has 1 aliphatic carbocycles. The highest BCUT2D eigenvalue weighted by molar-refractivity contribution is 6.16. The monoisotopic (exact) mass is 919 g/mol. The fourth-order valence-corrected chi connectivity index (χ4v) is 12.0. The van der Waals surface area contributed by atoms with Crippen LogP contribution in [0.5, 0.6) is 0 Å². The van der Waals surface area contributed by atoms with Crippen LogP contribution in [0, 0.1) is 0 Å². The summed E-state index contributed by atoms with van der Waals surface area (Å²) in [6.45, 7) is 4.76. The van der Waals surface area contributed by atoms with Gasteiger partial charge in [-0.25, -0.2) is 0 Å². The number of fused-ring (bicyclic) bond motifs is 9. The van der Waals surface area contributed by atoms with Crippen molar-refractivity contribution in [1.82, 2.24) is 9.13 Å². The molecule has 0 saturated heterocycles. The van der Waals surface area contributed by atoms with Crippen molar-refractivity contribution in [3.63, 3.8) is 0 Å². The average Bonchev–Trinajstić information content (AvgIpc) is 4.05. The molecular formula is C69H49N3. The zero-order valence-electron chi connectivity index (χ0n) is 40.2. The molecule has 2 aromatic heterocycles. The first kappa shape index (κ1) is 41.8. The lowest BCUT2D eigenvalue weighted by Crippen LogP contribution is -2.20. The highest BCUT2D eigenvalue weighted by Gasteiger charge is 2.38. The average molecular weight is 920 g/mol. The molecule has 0 atom stereocenters. The van der Waals surface area contributed by atoms with Crippen molar-refractivity contribution in [3.05, 3.63) is 272 Å². The number of rotatable bonds is 8. The molecule has 0 aliphatic heterocycles. The van der Waals surface area contributed by atoms with E-state index < -0.39 is 0 Å². The third kappa shape index (κ3) is 6.51. The third-order valence-electron chi connectivity index (χ3n) is 15.3. The lowest BCUT2D eigenvalue weighted by molar-refractivity contribution is 0.661. The van der Waals surface area contributed by atoms with Gasteiger partial charge in [0.25, 0.3) is 0 Å². The molecule has 0 saturated carbocycles. The van der Waals surface area contributed by atoms with Crippen LogP contribution in [0.15, 0.2) is 261 Å². The summed E-state index contributed by atoms with van der Waals surface area (Å²) in [4.78, 5) is 2.47. The lowest BCUT2D eigenvalue weighted by Gasteiger charge is -2.32. The van der Waals surface area contributed by atoms with Gasteiger partial charge in [0, 0.05) is 49.7 Å². The maximum absolute atomic E-state index is 2.47. The van der Waals surface area contributed by atoms with Crippen molar-refractivity contribution in [1.29, 1.82) is 0 Å². The van der Waals surface area contributed by atoms with Crippen molar-refractivity contribution in [2.75, 3.05) is 4.90 Å². The Morgan fingerprint density at radius 3 is 1.54 bits per heavy atom. The summed E-state index contributed by atoms with van der Waals surface area (Å²) in [7, 11) is 0. The van der Waals surface area contributed by atoms with Gasteiger partial charge in [-0.2, -0.15) is 0 Å². The fourth-order valence-electron chi connectivity index (χ4n) is 12.0. The molecule has 1 aliphatic rings. The summed E-state index contributed by atoms with van der Waals surface area (Å²) in [6.07, 6.45) is 0. The molecule has 14 rings (SSSR count). The van der Waals surface area contributed by atoms with Crippen LogP contribution in [-0.2, 0) is 5.41 Å². The van der Waals surface area contributed by atoms with Crippen molar-refractivity contribution >= 4 is 60.7 Å². The molecule has 0 fully saturated rings. The van der Waals surface area contributed by atoms with Crippen LogP contribution in [0.25, 0.3) is 99.5 Å². The predicted octanol–water partition coefficient (Wildman–Crippen LogP) is 18.7. The normalized spacial score (nSPS) is 12.7. The Balaban J connectivity index is 0.854. The van der Waals surface area contributed by atoms with Gasteiger partial charge in [-0.05, 0) is 141 Å². The molecule has 3 nitrogen and oxygen atoms in total. The molecular weight excluding hydrogens is 871 g/mol. The Kier molecular flexibility index (Phi) is 9.56. The van der Waals surface area contributed by atoms with Gasteiger partial charge < -0.3 is 14.0 Å². The minimum Gasteiger partial charge on any atom is -0.310 e. The van der Waals surface area contributed by atoms with E-state index in [1.807, 2.05) is 0 Å². The maximum Gasteiger partial charge on any atom is 0.0547 e. The van der Waals surface area contributed by atoms with Gasteiger partial charge >= 0.3 is 0 Å². The highest BCUT2D eigenvalue weighted by atomic mass is 15.1. The second-order valence-corrected chi connectivity index (χ2v) is 19.7. The van der Waals surface area contributed by atoms with Crippen LogP contribution >= 0.6 is 0 Å². The van der Waals surface area contributed by atoms with E-state index in [4.69, 9.17) is 0 Å². The minimum absolute atomic E-state index is 0.203. The van der Waals surface area contributed by atoms with Crippen LogP contribution in [0.1, 0.15) is 25.0 Å². The van der Waals surface area contributed by atoms with E-state index in [1.165, 1.54) is 105 Å². The van der Waals surface area contributed by atoms with Crippen LogP contribution in [-0.4, -0.2) is 9.13 Å². The summed E-state index contributed by atoms with van der Waals surface area (Å²) in [5.74, 6) is 0. The second-order valence-electron chi connectivity index (χ2n) is 19.7. The third-order valence-corrected chi connectivity index (χ3v) is 15.3. The van der Waals surface area contributed by atoms with Gasteiger partial charge in [0.15, 0.2) is 0 Å². The van der Waals surface area contributed by atoms with Gasteiger partial charge in [-0.15, -0.1) is 0 Å². The number of hydrogen-bond acceptors (Lipinski definition) is 1. The molecule has 11 aromatic carbocycles. The zero-order valence-corrected chi connectivity index (χ0v) is 40.2. The molecule has 13 aromatic rings. The molecule has 0 unspecified atom stereocenters. The predicted molar refractivity (Wildman–Crippen MR) is 304 cm³/mol. The molecule has 3 heteroatoms. The van der Waals surface area contributed by atoms with Gasteiger partial charge in [-0.3, -0.25) is 0 Å². The quantitative estimate of drug-likeness (QED) is 0.148. The van der Waals surface area contributed by atoms with Gasteiger partial charge in [0.1, 0.15) is 0 Å². The summed E-state index contributed by atoms with van der Waals surface area (Å²) in [6, 6.07) is 95.7. The number of anilines is 3. The van der Waals surface area contributed by atoms with Crippen molar-refractivity contribution in [2.24, 2.45) is 0 Å². The van der Waals surface area contributed by atoms with E-state index in [1.54, 1.807) is 0 Å². The Bertz CT molecular complexity index is 4200. The molecule has 0 spiro atoms. The zero-order chi connectivity index (χ0) is 47.9. The van der Waals surface area contributed by atoms with Crippen LogP contribution < -0.4 is 4.90 Å². The molecule has 0 amide bonds. The summed E-state index contributed by atoms with van der Waals surface area (Å²) < 4.78 is 4.79. The number of benzene rings is 11. The number of nitrogens with zero attached hydrogens (tertiary/aromatic N) is 3. The molecule has 0 radical (unpaired) electrons. The van der Waals surface area contributed by atoms with Gasteiger partial charge in [0.05, 0.1) is 27.8 Å². The fraction of sp³-hybridized carbons (Fsp3) is 0.0435. The lowest BCUT2D eigenvalue weighted by atomic mass is 9.81. The Morgan fingerprint density at radius 1 is 0.319 bits per heavy atom. The van der Waals surface area contributed by atoms with Crippen LogP contribution in [0.4, 0.5) is 17.1 Å². The first-order valence-electron chi connectivity index (χ1n) is 25.0. The first-order chi connectivity index (χ1) is 35.5. The standard InChI is InChI=1S/C69H49N3/c1-69(2)61-26-12-9-21-56(61)58-25-16-30-66(68(58)69)70(53-42-35-49(36-43-53)55-24-15-29-65-67(55)59-23-11-14-28-63(59)72(65)51-19-7-4-8-20-51)52-38-31-47(32-39-52)48-33-40-54(41-34-48)71-62-27-13-10-22-57(62)60-45-50(37-44-64(60)71)46-17-5-3-6-18-46/h3-45H,1-2H3. The van der Waals surface area contributed by atoms with E-state index in [2.05, 4.69) is 289 Å². The Morgan fingerprint density at radius 2 is 0.806 bits per heavy atom. The van der Waals surface area contributed by atoms with Crippen molar-refractivity contribution in [2.45, 2.75) is 19.3 Å². The Labute approximate surface area is 419 Å². The summed E-state index contributed by atoms with van der Waals surface area (Å²) in [5, 5.41) is 5.02. The molecule has 0 bridgehead atoms. The van der Waals surface area contributed by atoms with Crippen molar-refractivity contribution < 1.29 is 0 Å². The molecule has 72 heavy (non-hydrogen) atoms. The largest absolute Gasteiger partial charge is 0.310 e. The number of aromatic nitrogens is 2. The number of para-hydroxylation sites is 3. The van der Waals surface area contributed by atoms with E-state index in [9.17, 15) is 0 Å². The molecule has 2 heterocycles. The molecule has 340 valence electrons. The SMILES string of the molecule is CC1(C)c2ccccc2-c2cccc(N(c3ccc(-c4ccc(-n5c6ccccc6c6cc(-c7ccccc7)ccc65)cc4)cc3)c3ccc(-c4cccc5c4c4ccccc4n5-c4ccccc4)cc3)c21. The van der Waals surface area contributed by atoms with Crippen LogP contribution in [0.3, 0.4) is 0 Å².